The number of hydrogen-bond donors (Lipinski definition) is 1. The molecule has 4 nitrogen and oxygen atoms in total. The molecule has 0 amide bonds. The van der Waals surface area contributed by atoms with Crippen LogP contribution in [0, 0.1) is 5.92 Å². The smallest absolute Gasteiger partial charge is 0.325 e. The minimum atomic E-state index is -0.908. The Labute approximate surface area is 78.4 Å². The molecule has 0 aromatic heterocycles. The summed E-state index contributed by atoms with van der Waals surface area (Å²) in [4.78, 5) is 11.3. The first kappa shape index (κ1) is 10.5. The number of esters is 1. The zero-order chi connectivity index (χ0) is 9.90. The third kappa shape index (κ3) is 2.19. The molecule has 0 radical (unpaired) electrons. The molecule has 0 aromatic carbocycles. The Morgan fingerprint density at radius 3 is 2.85 bits per heavy atom. The normalized spacial score (nSPS) is 27.8. The molecule has 0 aliphatic carbocycles. The van der Waals surface area contributed by atoms with Gasteiger partial charge in [-0.2, -0.15) is 0 Å². The molecule has 2 N–H and O–H groups in total. The number of carbonyl (C=O) groups is 1. The van der Waals surface area contributed by atoms with Crippen molar-refractivity contribution in [2.45, 2.75) is 25.3 Å². The van der Waals surface area contributed by atoms with Crippen molar-refractivity contribution < 1.29 is 14.3 Å². The van der Waals surface area contributed by atoms with E-state index in [1.54, 1.807) is 6.92 Å². The molecule has 1 heterocycles. The lowest BCUT2D eigenvalue weighted by molar-refractivity contribution is -0.150. The van der Waals surface area contributed by atoms with Crippen LogP contribution in [0.25, 0.3) is 0 Å². The molecule has 1 aliphatic rings. The van der Waals surface area contributed by atoms with Crippen molar-refractivity contribution in [1.82, 2.24) is 0 Å². The van der Waals surface area contributed by atoms with Crippen molar-refractivity contribution in [3.05, 3.63) is 0 Å². The SMILES string of the molecule is COC(=O)C(C)(N)C1CCCOC1. The van der Waals surface area contributed by atoms with Crippen molar-refractivity contribution >= 4 is 5.97 Å². The van der Waals surface area contributed by atoms with Crippen molar-refractivity contribution in [1.29, 1.82) is 0 Å². The van der Waals surface area contributed by atoms with Crippen LogP contribution in [0.1, 0.15) is 19.8 Å². The predicted molar refractivity (Wildman–Crippen MR) is 48.2 cm³/mol. The Morgan fingerprint density at radius 1 is 1.69 bits per heavy atom. The molecule has 0 saturated carbocycles. The number of ether oxygens (including phenoxy) is 2. The van der Waals surface area contributed by atoms with Gasteiger partial charge in [0.1, 0.15) is 5.54 Å². The van der Waals surface area contributed by atoms with Gasteiger partial charge in [-0.3, -0.25) is 4.79 Å². The Balaban J connectivity index is 2.60. The van der Waals surface area contributed by atoms with Gasteiger partial charge in [0.05, 0.1) is 13.7 Å². The van der Waals surface area contributed by atoms with Crippen LogP contribution in [-0.4, -0.2) is 31.8 Å². The third-order valence-corrected chi connectivity index (χ3v) is 2.63. The fraction of sp³-hybridized carbons (Fsp3) is 0.889. The summed E-state index contributed by atoms with van der Waals surface area (Å²) in [5.41, 5.74) is 4.98. The van der Waals surface area contributed by atoms with Gasteiger partial charge in [0, 0.05) is 12.5 Å². The van der Waals surface area contributed by atoms with Gasteiger partial charge >= 0.3 is 5.97 Å². The lowest BCUT2D eigenvalue weighted by Gasteiger charge is -2.33. The van der Waals surface area contributed by atoms with Gasteiger partial charge in [0.15, 0.2) is 0 Å². The summed E-state index contributed by atoms with van der Waals surface area (Å²) in [5.74, 6) is -0.281. The van der Waals surface area contributed by atoms with Crippen LogP contribution in [0.5, 0.6) is 0 Å². The highest BCUT2D eigenvalue weighted by molar-refractivity contribution is 5.80. The molecule has 1 saturated heterocycles. The fourth-order valence-corrected chi connectivity index (χ4v) is 1.60. The molecule has 0 spiro atoms. The van der Waals surface area contributed by atoms with Crippen molar-refractivity contribution in [3.63, 3.8) is 0 Å². The quantitative estimate of drug-likeness (QED) is 0.632. The minimum Gasteiger partial charge on any atom is -0.468 e. The molecule has 1 aliphatic heterocycles. The van der Waals surface area contributed by atoms with Gasteiger partial charge in [-0.1, -0.05) is 0 Å². The van der Waals surface area contributed by atoms with Gasteiger partial charge in [-0.05, 0) is 19.8 Å². The number of nitrogens with two attached hydrogens (primary N) is 1. The van der Waals surface area contributed by atoms with Crippen LogP contribution in [-0.2, 0) is 14.3 Å². The van der Waals surface area contributed by atoms with Crippen LogP contribution in [0.3, 0.4) is 0 Å². The summed E-state index contributed by atoms with van der Waals surface area (Å²) in [6.45, 7) is 3.04. The molecule has 2 unspecified atom stereocenters. The molecular formula is C9H17NO3. The molecule has 4 heteroatoms. The summed E-state index contributed by atoms with van der Waals surface area (Å²) >= 11 is 0. The number of carbonyl (C=O) groups excluding carboxylic acids is 1. The third-order valence-electron chi connectivity index (χ3n) is 2.63. The predicted octanol–water partition coefficient (Wildman–Crippen LogP) is 0.303. The highest BCUT2D eigenvalue weighted by Gasteiger charge is 2.39. The molecule has 13 heavy (non-hydrogen) atoms. The summed E-state index contributed by atoms with van der Waals surface area (Å²) in [6.07, 6.45) is 1.90. The minimum absolute atomic E-state index is 0.0775. The van der Waals surface area contributed by atoms with Gasteiger partial charge < -0.3 is 15.2 Å². The van der Waals surface area contributed by atoms with Crippen molar-refractivity contribution in [2.24, 2.45) is 11.7 Å². The largest absolute Gasteiger partial charge is 0.468 e. The molecule has 0 bridgehead atoms. The van der Waals surface area contributed by atoms with Crippen LogP contribution in [0.2, 0.25) is 0 Å². The van der Waals surface area contributed by atoms with E-state index in [1.807, 2.05) is 0 Å². The van der Waals surface area contributed by atoms with Gasteiger partial charge in [-0.25, -0.2) is 0 Å². The van der Waals surface area contributed by atoms with Crippen molar-refractivity contribution in [2.75, 3.05) is 20.3 Å². The first-order valence-electron chi connectivity index (χ1n) is 4.54. The maximum atomic E-state index is 11.3. The van der Waals surface area contributed by atoms with Crippen molar-refractivity contribution in [3.8, 4) is 0 Å². The maximum absolute atomic E-state index is 11.3. The van der Waals surface area contributed by atoms with Gasteiger partial charge in [-0.15, -0.1) is 0 Å². The first-order valence-corrected chi connectivity index (χ1v) is 4.54. The molecule has 0 aromatic rings. The second-order valence-electron chi connectivity index (χ2n) is 3.69. The molecule has 1 rings (SSSR count). The Kier molecular flexibility index (Phi) is 3.27. The van der Waals surface area contributed by atoms with E-state index in [0.717, 1.165) is 19.4 Å². The fourth-order valence-electron chi connectivity index (χ4n) is 1.60. The van der Waals surface area contributed by atoms with E-state index >= 15 is 0 Å². The zero-order valence-corrected chi connectivity index (χ0v) is 8.21. The summed E-state index contributed by atoms with van der Waals surface area (Å²) < 4.78 is 9.92. The van der Waals surface area contributed by atoms with E-state index in [0.29, 0.717) is 6.61 Å². The van der Waals surface area contributed by atoms with Gasteiger partial charge in [0.2, 0.25) is 0 Å². The summed E-state index contributed by atoms with van der Waals surface area (Å²) in [5, 5.41) is 0. The molecular weight excluding hydrogens is 170 g/mol. The van der Waals surface area contributed by atoms with E-state index in [4.69, 9.17) is 10.5 Å². The molecule has 2 atom stereocenters. The highest BCUT2D eigenvalue weighted by Crippen LogP contribution is 2.24. The van der Waals surface area contributed by atoms with E-state index in [1.165, 1.54) is 7.11 Å². The topological polar surface area (TPSA) is 61.5 Å². The Morgan fingerprint density at radius 2 is 2.38 bits per heavy atom. The van der Waals surface area contributed by atoms with E-state index in [9.17, 15) is 4.79 Å². The molecule has 76 valence electrons. The highest BCUT2D eigenvalue weighted by atomic mass is 16.5. The summed E-state index contributed by atoms with van der Waals surface area (Å²) in [6, 6.07) is 0. The van der Waals surface area contributed by atoms with E-state index in [2.05, 4.69) is 4.74 Å². The van der Waals surface area contributed by atoms with Crippen LogP contribution >= 0.6 is 0 Å². The maximum Gasteiger partial charge on any atom is 0.325 e. The molecule has 1 fully saturated rings. The summed E-state index contributed by atoms with van der Waals surface area (Å²) in [7, 11) is 1.36. The van der Waals surface area contributed by atoms with E-state index in [-0.39, 0.29) is 11.9 Å². The Hall–Kier alpha value is -0.610. The number of methoxy groups -OCH3 is 1. The van der Waals surface area contributed by atoms with Crippen LogP contribution in [0.4, 0.5) is 0 Å². The second kappa shape index (κ2) is 4.07. The van der Waals surface area contributed by atoms with E-state index < -0.39 is 5.54 Å². The van der Waals surface area contributed by atoms with Crippen LogP contribution in [0.15, 0.2) is 0 Å². The number of hydrogen-bond acceptors (Lipinski definition) is 4. The average molecular weight is 187 g/mol. The zero-order valence-electron chi connectivity index (χ0n) is 8.21. The van der Waals surface area contributed by atoms with Crippen LogP contribution < -0.4 is 5.73 Å². The lowest BCUT2D eigenvalue weighted by atomic mass is 9.83. The second-order valence-corrected chi connectivity index (χ2v) is 3.69. The van der Waals surface area contributed by atoms with Gasteiger partial charge in [0.25, 0.3) is 0 Å². The first-order chi connectivity index (χ1) is 6.09. The monoisotopic (exact) mass is 187 g/mol. The number of rotatable bonds is 2. The average Bonchev–Trinajstić information content (AvgIpc) is 2.18. The lowest BCUT2D eigenvalue weighted by Crippen LogP contribution is -2.54. The Bertz CT molecular complexity index is 185. The standard InChI is InChI=1S/C9H17NO3/c1-9(10,8(11)12-2)7-4-3-5-13-6-7/h7H,3-6,10H2,1-2H3.